The van der Waals surface area contributed by atoms with Crippen LogP contribution in [0.5, 0.6) is 11.5 Å². The second-order valence-electron chi connectivity index (χ2n) is 7.15. The molecular weight excluding hydrogens is 495 g/mol. The van der Waals surface area contributed by atoms with E-state index >= 15 is 0 Å². The first kappa shape index (κ1) is 24.3. The van der Waals surface area contributed by atoms with Gasteiger partial charge in [-0.2, -0.15) is 0 Å². The van der Waals surface area contributed by atoms with Crippen molar-refractivity contribution < 1.29 is 14.0 Å². The van der Waals surface area contributed by atoms with E-state index in [-0.39, 0.29) is 30.1 Å². The Labute approximate surface area is 196 Å². The predicted molar refractivity (Wildman–Crippen MR) is 129 cm³/mol. The van der Waals surface area contributed by atoms with Crippen LogP contribution in [0.25, 0.3) is 0 Å². The minimum absolute atomic E-state index is 0. The molecule has 0 saturated heterocycles. The normalized spacial score (nSPS) is 15.2. The third-order valence-corrected chi connectivity index (χ3v) is 5.09. The molecule has 0 saturated carbocycles. The molecule has 8 heteroatoms. The Balaban J connectivity index is 0.00000320. The predicted octanol–water partition coefficient (Wildman–Crippen LogP) is 4.00. The van der Waals surface area contributed by atoms with Crippen molar-refractivity contribution in [1.82, 2.24) is 15.8 Å². The van der Waals surface area contributed by atoms with E-state index in [0.717, 1.165) is 53.3 Å². The molecule has 0 aliphatic carbocycles. The molecule has 166 valence electrons. The molecular formula is C22H33IN4O3. The largest absolute Gasteiger partial charge is 0.494 e. The number of hydrogen-bond acceptors (Lipinski definition) is 5. The topological polar surface area (TPSA) is 80.9 Å². The van der Waals surface area contributed by atoms with E-state index in [2.05, 4.69) is 53.7 Å². The first-order valence-corrected chi connectivity index (χ1v) is 10.5. The number of ether oxygens (including phenoxy) is 2. The lowest BCUT2D eigenvalue weighted by molar-refractivity contribution is 0.254. The molecule has 0 spiro atoms. The Morgan fingerprint density at radius 2 is 1.97 bits per heavy atom. The summed E-state index contributed by atoms with van der Waals surface area (Å²) >= 11 is 0. The van der Waals surface area contributed by atoms with Gasteiger partial charge in [0.05, 0.1) is 12.3 Å². The number of halogens is 1. The molecule has 1 aliphatic rings. The van der Waals surface area contributed by atoms with Crippen LogP contribution in [0.3, 0.4) is 0 Å². The van der Waals surface area contributed by atoms with Gasteiger partial charge in [-0.3, -0.25) is 4.99 Å². The average Bonchev–Trinajstić information content (AvgIpc) is 3.29. The summed E-state index contributed by atoms with van der Waals surface area (Å²) in [4.78, 5) is 4.35. The van der Waals surface area contributed by atoms with Gasteiger partial charge in [-0.1, -0.05) is 19.0 Å². The van der Waals surface area contributed by atoms with Gasteiger partial charge in [0.25, 0.3) is 0 Å². The van der Waals surface area contributed by atoms with Crippen LogP contribution in [-0.4, -0.2) is 30.9 Å². The lowest BCUT2D eigenvalue weighted by atomic mass is 10.1. The van der Waals surface area contributed by atoms with E-state index in [1.165, 1.54) is 5.56 Å². The second-order valence-corrected chi connectivity index (χ2v) is 7.15. The SMILES string of the molecule is CCOc1cc2c(cc1CNC(=NC)NCc1c(CC)noc1CC)OC(C)C2.I. The van der Waals surface area contributed by atoms with Crippen molar-refractivity contribution in [2.75, 3.05) is 13.7 Å². The number of aliphatic imine (C=N–C) groups is 1. The number of benzene rings is 1. The maximum Gasteiger partial charge on any atom is 0.191 e. The van der Waals surface area contributed by atoms with Gasteiger partial charge in [0.2, 0.25) is 0 Å². The highest BCUT2D eigenvalue weighted by atomic mass is 127. The molecule has 0 fully saturated rings. The van der Waals surface area contributed by atoms with Gasteiger partial charge in [-0.15, -0.1) is 24.0 Å². The number of aromatic nitrogens is 1. The fourth-order valence-corrected chi connectivity index (χ4v) is 3.62. The molecule has 1 aliphatic heterocycles. The Bertz CT molecular complexity index is 845. The molecule has 1 aromatic carbocycles. The van der Waals surface area contributed by atoms with E-state index in [4.69, 9.17) is 14.0 Å². The van der Waals surface area contributed by atoms with Crippen molar-refractivity contribution in [3.63, 3.8) is 0 Å². The van der Waals surface area contributed by atoms with Crippen molar-refractivity contribution in [2.24, 2.45) is 4.99 Å². The summed E-state index contributed by atoms with van der Waals surface area (Å²) < 4.78 is 17.2. The molecule has 0 radical (unpaired) electrons. The second kappa shape index (κ2) is 11.4. The zero-order chi connectivity index (χ0) is 20.8. The number of guanidine groups is 1. The molecule has 2 aromatic rings. The zero-order valence-corrected chi connectivity index (χ0v) is 20.8. The molecule has 1 unspecified atom stereocenters. The highest BCUT2D eigenvalue weighted by Crippen LogP contribution is 2.35. The van der Waals surface area contributed by atoms with Crippen LogP contribution in [0.2, 0.25) is 0 Å². The lowest BCUT2D eigenvalue weighted by Gasteiger charge is -2.16. The number of hydrogen-bond donors (Lipinski definition) is 2. The van der Waals surface area contributed by atoms with Gasteiger partial charge in [-0.05, 0) is 32.4 Å². The molecule has 2 N–H and O–H groups in total. The maximum absolute atomic E-state index is 5.91. The molecule has 30 heavy (non-hydrogen) atoms. The molecule has 0 bridgehead atoms. The minimum Gasteiger partial charge on any atom is -0.494 e. The number of nitrogens with zero attached hydrogens (tertiary/aromatic N) is 2. The van der Waals surface area contributed by atoms with Gasteiger partial charge < -0.3 is 24.6 Å². The number of aryl methyl sites for hydroxylation is 2. The Morgan fingerprint density at radius 1 is 1.20 bits per heavy atom. The summed E-state index contributed by atoms with van der Waals surface area (Å²) in [6.07, 6.45) is 2.80. The van der Waals surface area contributed by atoms with Gasteiger partial charge in [0, 0.05) is 49.7 Å². The van der Waals surface area contributed by atoms with Crippen molar-refractivity contribution in [3.05, 3.63) is 40.3 Å². The van der Waals surface area contributed by atoms with Gasteiger partial charge in [-0.25, -0.2) is 0 Å². The standard InChI is InChI=1S/C22H32N4O3.HI/c1-6-18-17(19(7-2)29-26-18)13-25-22(23-5)24-12-16-11-21-15(9-14(4)28-21)10-20(16)27-8-3;/h10-11,14H,6-9,12-13H2,1-5H3,(H2,23,24,25);1H. The van der Waals surface area contributed by atoms with Crippen LogP contribution < -0.4 is 20.1 Å². The highest BCUT2D eigenvalue weighted by molar-refractivity contribution is 14.0. The summed E-state index contributed by atoms with van der Waals surface area (Å²) in [5, 5.41) is 10.9. The van der Waals surface area contributed by atoms with Gasteiger partial charge in [0.1, 0.15) is 23.4 Å². The number of nitrogens with one attached hydrogen (secondary N) is 2. The summed E-state index contributed by atoms with van der Waals surface area (Å²) in [5.41, 5.74) is 4.37. The van der Waals surface area contributed by atoms with Crippen molar-refractivity contribution in [3.8, 4) is 11.5 Å². The van der Waals surface area contributed by atoms with E-state index in [9.17, 15) is 0 Å². The van der Waals surface area contributed by atoms with E-state index < -0.39 is 0 Å². The smallest absolute Gasteiger partial charge is 0.191 e. The Hall–Kier alpha value is -1.97. The van der Waals surface area contributed by atoms with Gasteiger partial charge in [0.15, 0.2) is 5.96 Å². The fourth-order valence-electron chi connectivity index (χ4n) is 3.62. The minimum atomic E-state index is 0. The first-order chi connectivity index (χ1) is 14.1. The van der Waals surface area contributed by atoms with Crippen LogP contribution in [-0.2, 0) is 32.4 Å². The van der Waals surface area contributed by atoms with Crippen molar-refractivity contribution in [1.29, 1.82) is 0 Å². The molecule has 2 heterocycles. The lowest BCUT2D eigenvalue weighted by Crippen LogP contribution is -2.36. The van der Waals surface area contributed by atoms with E-state index in [1.54, 1.807) is 7.05 Å². The number of fused-ring (bicyclic) bond motifs is 1. The van der Waals surface area contributed by atoms with Crippen LogP contribution in [0.4, 0.5) is 0 Å². The molecule has 1 atom stereocenters. The van der Waals surface area contributed by atoms with Crippen molar-refractivity contribution >= 4 is 29.9 Å². The fraction of sp³-hybridized carbons (Fsp3) is 0.545. The Kier molecular flexibility index (Phi) is 9.26. The summed E-state index contributed by atoms with van der Waals surface area (Å²) in [6.45, 7) is 10.1. The molecule has 1 aromatic heterocycles. The van der Waals surface area contributed by atoms with Gasteiger partial charge >= 0.3 is 0 Å². The van der Waals surface area contributed by atoms with Crippen LogP contribution in [0.1, 0.15) is 55.8 Å². The summed E-state index contributed by atoms with van der Waals surface area (Å²) in [5.74, 6) is 3.48. The zero-order valence-electron chi connectivity index (χ0n) is 18.5. The number of rotatable bonds is 8. The Morgan fingerprint density at radius 3 is 2.63 bits per heavy atom. The first-order valence-electron chi connectivity index (χ1n) is 10.5. The monoisotopic (exact) mass is 528 g/mol. The highest BCUT2D eigenvalue weighted by Gasteiger charge is 2.22. The quantitative estimate of drug-likeness (QED) is 0.306. The van der Waals surface area contributed by atoms with Crippen LogP contribution >= 0.6 is 24.0 Å². The third kappa shape index (κ3) is 5.59. The van der Waals surface area contributed by atoms with Crippen molar-refractivity contribution in [2.45, 2.75) is 66.2 Å². The third-order valence-electron chi connectivity index (χ3n) is 5.09. The average molecular weight is 528 g/mol. The summed E-state index contributed by atoms with van der Waals surface area (Å²) in [7, 11) is 1.77. The molecule has 7 nitrogen and oxygen atoms in total. The van der Waals surface area contributed by atoms with Crippen LogP contribution in [0, 0.1) is 0 Å². The molecule has 0 amide bonds. The maximum atomic E-state index is 5.91. The van der Waals surface area contributed by atoms with E-state index in [1.807, 2.05) is 6.92 Å². The summed E-state index contributed by atoms with van der Waals surface area (Å²) in [6, 6.07) is 4.18. The van der Waals surface area contributed by atoms with E-state index in [0.29, 0.717) is 25.7 Å². The van der Waals surface area contributed by atoms with Crippen LogP contribution in [0.15, 0.2) is 21.6 Å². The molecule has 3 rings (SSSR count).